The van der Waals surface area contributed by atoms with E-state index in [4.69, 9.17) is 16.6 Å². The Morgan fingerprint density at radius 2 is 1.84 bits per heavy atom. The Labute approximate surface area is 219 Å². The molecule has 0 unspecified atom stereocenters. The minimum atomic E-state index is -4.64. The zero-order chi connectivity index (χ0) is 26.2. The average molecular weight is 566 g/mol. The first kappa shape index (κ1) is 25.6. The zero-order valence-corrected chi connectivity index (χ0v) is 21.4. The lowest BCUT2D eigenvalue weighted by atomic mass is 9.99. The summed E-state index contributed by atoms with van der Waals surface area (Å²) in [7, 11) is -4.64. The van der Waals surface area contributed by atoms with Gasteiger partial charge in [0.15, 0.2) is 5.82 Å². The van der Waals surface area contributed by atoms with Gasteiger partial charge in [0, 0.05) is 17.7 Å². The second kappa shape index (κ2) is 10.4. The number of anilines is 1. The van der Waals surface area contributed by atoms with Crippen molar-refractivity contribution in [3.8, 4) is 21.8 Å². The molecule has 1 aliphatic heterocycles. The zero-order valence-electron chi connectivity index (χ0n) is 19.0. The molecule has 0 radical (unpaired) electrons. The van der Waals surface area contributed by atoms with Crippen molar-refractivity contribution in [1.29, 1.82) is 0 Å². The Morgan fingerprint density at radius 3 is 2.59 bits per heavy atom. The van der Waals surface area contributed by atoms with Crippen molar-refractivity contribution in [2.45, 2.75) is 23.7 Å². The molecule has 0 spiro atoms. The van der Waals surface area contributed by atoms with Gasteiger partial charge >= 0.3 is 0 Å². The molecule has 0 aliphatic carbocycles. The SMILES string of the molecule is O=S(=O)(Nc1cccc(-c2nc(C3CCNCC3)sc2-c2ccnc(Cl)n2)c1F)c1cc(F)ccc1F. The highest BCUT2D eigenvalue weighted by molar-refractivity contribution is 7.92. The summed E-state index contributed by atoms with van der Waals surface area (Å²) in [5.41, 5.74) is 0.286. The monoisotopic (exact) mass is 565 g/mol. The number of hydrogen-bond donors (Lipinski definition) is 2. The third kappa shape index (κ3) is 5.33. The molecule has 0 atom stereocenters. The van der Waals surface area contributed by atoms with Gasteiger partial charge in [-0.1, -0.05) is 6.07 Å². The van der Waals surface area contributed by atoms with Crippen LogP contribution in [0.4, 0.5) is 18.9 Å². The van der Waals surface area contributed by atoms with Crippen molar-refractivity contribution >= 4 is 38.6 Å². The van der Waals surface area contributed by atoms with Crippen LogP contribution < -0.4 is 10.0 Å². The normalized spacial score (nSPS) is 14.6. The van der Waals surface area contributed by atoms with Crippen molar-refractivity contribution in [2.24, 2.45) is 0 Å². The molecular formula is C24H19ClF3N5O2S2. The van der Waals surface area contributed by atoms with Gasteiger partial charge in [0.25, 0.3) is 10.0 Å². The second-order valence-corrected chi connectivity index (χ2v) is 11.3. The average Bonchev–Trinajstić information content (AvgIpc) is 3.32. The first-order chi connectivity index (χ1) is 17.7. The highest BCUT2D eigenvalue weighted by atomic mass is 35.5. The van der Waals surface area contributed by atoms with Crippen LogP contribution in [0.25, 0.3) is 21.8 Å². The molecule has 2 N–H and O–H groups in total. The molecule has 1 saturated heterocycles. The summed E-state index contributed by atoms with van der Waals surface area (Å²) in [4.78, 5) is 12.5. The second-order valence-electron chi connectivity index (χ2n) is 8.31. The van der Waals surface area contributed by atoms with Gasteiger partial charge in [0.2, 0.25) is 5.28 Å². The van der Waals surface area contributed by atoms with Gasteiger partial charge in [0.05, 0.1) is 27.0 Å². The van der Waals surface area contributed by atoms with Gasteiger partial charge in [-0.05, 0) is 73.9 Å². The Balaban J connectivity index is 1.59. The Kier molecular flexibility index (Phi) is 7.17. The number of sulfonamides is 1. The van der Waals surface area contributed by atoms with E-state index >= 15 is 4.39 Å². The molecule has 192 valence electrons. The summed E-state index contributed by atoms with van der Waals surface area (Å²) in [6, 6.07) is 7.73. The van der Waals surface area contributed by atoms with Crippen LogP contribution >= 0.6 is 22.9 Å². The topological polar surface area (TPSA) is 96.9 Å². The van der Waals surface area contributed by atoms with Crippen molar-refractivity contribution in [3.63, 3.8) is 0 Å². The van der Waals surface area contributed by atoms with Crippen LogP contribution in [0.5, 0.6) is 0 Å². The molecular weight excluding hydrogens is 547 g/mol. The molecule has 3 heterocycles. The lowest BCUT2D eigenvalue weighted by Gasteiger charge is -2.20. The summed E-state index contributed by atoms with van der Waals surface area (Å²) < 4.78 is 71.2. The van der Waals surface area contributed by atoms with E-state index in [0.717, 1.165) is 37.0 Å². The van der Waals surface area contributed by atoms with Crippen LogP contribution in [0, 0.1) is 17.5 Å². The summed E-state index contributed by atoms with van der Waals surface area (Å²) >= 11 is 7.37. The number of aromatic nitrogens is 3. The molecule has 2 aromatic carbocycles. The summed E-state index contributed by atoms with van der Waals surface area (Å²) in [6.07, 6.45) is 3.20. The maximum Gasteiger partial charge on any atom is 0.265 e. The number of benzene rings is 2. The highest BCUT2D eigenvalue weighted by Gasteiger charge is 2.27. The van der Waals surface area contributed by atoms with Crippen LogP contribution in [-0.4, -0.2) is 36.5 Å². The quantitative estimate of drug-likeness (QED) is 0.295. The smallest absolute Gasteiger partial charge is 0.265 e. The van der Waals surface area contributed by atoms with E-state index in [0.29, 0.717) is 22.7 Å². The first-order valence-corrected chi connectivity index (χ1v) is 13.9. The Hall–Kier alpha value is -3.06. The molecule has 0 amide bonds. The van der Waals surface area contributed by atoms with Gasteiger partial charge in [-0.2, -0.15) is 0 Å². The third-order valence-electron chi connectivity index (χ3n) is 5.87. The number of piperidine rings is 1. The van der Waals surface area contributed by atoms with E-state index in [9.17, 15) is 17.2 Å². The van der Waals surface area contributed by atoms with Crippen LogP contribution in [0.3, 0.4) is 0 Å². The first-order valence-electron chi connectivity index (χ1n) is 11.2. The standard InChI is InChI=1S/C24H19ClF3N5O2S2/c25-24-30-11-8-18(31-24)22-21(32-23(36-22)13-6-9-29-10-7-13)15-2-1-3-17(20(15)28)33-37(34,35)19-12-14(26)4-5-16(19)27/h1-5,8,11-13,29,33H,6-7,9-10H2. The van der Waals surface area contributed by atoms with Gasteiger partial charge in [0.1, 0.15) is 16.5 Å². The largest absolute Gasteiger partial charge is 0.317 e. The van der Waals surface area contributed by atoms with E-state index < -0.39 is 38.1 Å². The molecule has 2 aromatic heterocycles. The van der Waals surface area contributed by atoms with Crippen LogP contribution in [0.15, 0.2) is 53.6 Å². The molecule has 7 nitrogen and oxygen atoms in total. The number of nitrogens with one attached hydrogen (secondary N) is 2. The molecule has 1 aliphatic rings. The van der Waals surface area contributed by atoms with E-state index in [2.05, 4.69) is 15.3 Å². The minimum Gasteiger partial charge on any atom is -0.317 e. The molecule has 5 rings (SSSR count). The van der Waals surface area contributed by atoms with Crippen molar-refractivity contribution in [3.05, 3.63) is 76.4 Å². The number of rotatable bonds is 6. The molecule has 0 saturated carbocycles. The third-order valence-corrected chi connectivity index (χ3v) is 8.67. The van der Waals surface area contributed by atoms with Crippen molar-refractivity contribution in [2.75, 3.05) is 17.8 Å². The van der Waals surface area contributed by atoms with Gasteiger partial charge < -0.3 is 5.32 Å². The molecule has 13 heteroatoms. The fraction of sp³-hybridized carbons (Fsp3) is 0.208. The summed E-state index contributed by atoms with van der Waals surface area (Å²) in [5, 5.41) is 4.11. The maximum absolute atomic E-state index is 15.8. The molecule has 37 heavy (non-hydrogen) atoms. The highest BCUT2D eigenvalue weighted by Crippen LogP contribution is 2.42. The number of halogens is 4. The van der Waals surface area contributed by atoms with E-state index in [1.807, 2.05) is 4.72 Å². The van der Waals surface area contributed by atoms with Gasteiger partial charge in [-0.15, -0.1) is 11.3 Å². The van der Waals surface area contributed by atoms with Crippen LogP contribution in [-0.2, 0) is 10.0 Å². The van der Waals surface area contributed by atoms with Crippen molar-refractivity contribution in [1.82, 2.24) is 20.3 Å². The van der Waals surface area contributed by atoms with Crippen LogP contribution in [0.1, 0.15) is 23.8 Å². The number of thiazole rings is 1. The predicted octanol–water partition coefficient (Wildman–Crippen LogP) is 5.61. The van der Waals surface area contributed by atoms with Crippen molar-refractivity contribution < 1.29 is 21.6 Å². The van der Waals surface area contributed by atoms with E-state index in [-0.39, 0.29) is 22.5 Å². The van der Waals surface area contributed by atoms with Gasteiger partial charge in [-0.25, -0.2) is 36.5 Å². The number of nitrogens with zero attached hydrogens (tertiary/aromatic N) is 3. The molecule has 0 bridgehead atoms. The Bertz CT molecular complexity index is 1580. The summed E-state index contributed by atoms with van der Waals surface area (Å²) in [5.74, 6) is -2.88. The van der Waals surface area contributed by atoms with E-state index in [1.165, 1.54) is 35.7 Å². The van der Waals surface area contributed by atoms with E-state index in [1.54, 1.807) is 6.07 Å². The lowest BCUT2D eigenvalue weighted by molar-refractivity contribution is 0.459. The lowest BCUT2D eigenvalue weighted by Crippen LogP contribution is -2.26. The maximum atomic E-state index is 15.8. The molecule has 4 aromatic rings. The Morgan fingerprint density at radius 1 is 1.05 bits per heavy atom. The predicted molar refractivity (Wildman–Crippen MR) is 136 cm³/mol. The summed E-state index contributed by atoms with van der Waals surface area (Å²) in [6.45, 7) is 1.66. The van der Waals surface area contributed by atoms with Gasteiger partial charge in [-0.3, -0.25) is 4.72 Å². The van der Waals surface area contributed by atoms with Crippen LogP contribution in [0.2, 0.25) is 5.28 Å². The minimum absolute atomic E-state index is 0.0133. The fourth-order valence-corrected chi connectivity index (χ4v) is 6.59. The fourth-order valence-electron chi connectivity index (χ4n) is 4.07. The molecule has 1 fully saturated rings. The number of hydrogen-bond acceptors (Lipinski definition) is 7.